The molecule has 1 rings (SSSR count). The largest absolute Gasteiger partial charge is 0.478 e. The van der Waals surface area contributed by atoms with Crippen LogP contribution in [0.2, 0.25) is 0 Å². The quantitative estimate of drug-likeness (QED) is 0.545. The summed E-state index contributed by atoms with van der Waals surface area (Å²) in [7, 11) is -4.00. The van der Waals surface area contributed by atoms with Gasteiger partial charge in [-0.2, -0.15) is 8.42 Å². The van der Waals surface area contributed by atoms with Gasteiger partial charge in [-0.1, -0.05) is 18.2 Å². The number of carboxylic acid groups (broad SMARTS) is 2. The van der Waals surface area contributed by atoms with E-state index in [1.165, 1.54) is 12.1 Å². The lowest BCUT2D eigenvalue weighted by molar-refractivity contribution is -0.134. The van der Waals surface area contributed by atoms with Gasteiger partial charge in [-0.05, 0) is 12.1 Å². The molecule has 1 aromatic rings. The summed E-state index contributed by atoms with van der Waals surface area (Å²) in [6, 6.07) is 7.42. The maximum Gasteiger partial charge on any atom is 0.328 e. The molecule has 0 aliphatic heterocycles. The molecule has 0 unspecified atom stereocenters. The van der Waals surface area contributed by atoms with Gasteiger partial charge in [0.1, 0.15) is 0 Å². The van der Waals surface area contributed by atoms with Gasteiger partial charge in [0.05, 0.1) is 4.90 Å². The lowest BCUT2D eigenvalue weighted by Crippen LogP contribution is -1.96. The zero-order valence-electron chi connectivity index (χ0n) is 8.92. The molecule has 0 aliphatic carbocycles. The summed E-state index contributed by atoms with van der Waals surface area (Å²) >= 11 is 0. The molecule has 8 heteroatoms. The predicted molar refractivity (Wildman–Crippen MR) is 60.7 cm³/mol. The van der Waals surface area contributed by atoms with Crippen LogP contribution in [0.3, 0.4) is 0 Å². The van der Waals surface area contributed by atoms with Gasteiger partial charge in [0.15, 0.2) is 0 Å². The average molecular weight is 274 g/mol. The van der Waals surface area contributed by atoms with Crippen LogP contribution in [-0.4, -0.2) is 35.1 Å². The number of carboxylic acids is 2. The number of aliphatic carboxylic acids is 2. The minimum absolute atomic E-state index is 0.0741. The lowest BCUT2D eigenvalue weighted by Gasteiger charge is -1.92. The third kappa shape index (κ3) is 8.02. The van der Waals surface area contributed by atoms with Crippen molar-refractivity contribution in [3.05, 3.63) is 42.5 Å². The molecule has 1 aromatic carbocycles. The second-order valence-electron chi connectivity index (χ2n) is 2.80. The first kappa shape index (κ1) is 15.8. The highest BCUT2D eigenvalue weighted by Crippen LogP contribution is 2.05. The standard InChI is InChI=1S/C6H6O3S.C4H4O4/c7-10(8,9)6-4-2-1-3-5-6;5-3(6)1-2-4(7)8/h1-5H,(H,7,8,9);1-2H,(H,5,6)(H,7,8)/b;2-1-. The van der Waals surface area contributed by atoms with Crippen LogP contribution in [0.1, 0.15) is 0 Å². The van der Waals surface area contributed by atoms with Gasteiger partial charge >= 0.3 is 11.9 Å². The fourth-order valence-corrected chi connectivity index (χ4v) is 1.24. The second kappa shape index (κ2) is 7.20. The Kier molecular flexibility index (Phi) is 6.32. The predicted octanol–water partition coefficient (Wildman–Crippen LogP) is 0.645. The van der Waals surface area contributed by atoms with Crippen LogP contribution in [0.15, 0.2) is 47.4 Å². The lowest BCUT2D eigenvalue weighted by atomic mass is 10.4. The highest BCUT2D eigenvalue weighted by atomic mass is 32.2. The Morgan fingerprint density at radius 1 is 0.944 bits per heavy atom. The Bertz CT molecular complexity index is 515. The second-order valence-corrected chi connectivity index (χ2v) is 4.22. The Hall–Kier alpha value is -2.19. The fourth-order valence-electron chi connectivity index (χ4n) is 0.735. The van der Waals surface area contributed by atoms with E-state index in [2.05, 4.69) is 0 Å². The summed E-state index contributed by atoms with van der Waals surface area (Å²) in [6.07, 6.45) is 1.12. The maximum atomic E-state index is 10.4. The molecule has 0 aromatic heterocycles. The maximum absolute atomic E-state index is 10.4. The molecule has 0 atom stereocenters. The van der Waals surface area contributed by atoms with E-state index < -0.39 is 22.1 Å². The molecule has 0 heterocycles. The van der Waals surface area contributed by atoms with Gasteiger partial charge in [0.25, 0.3) is 10.1 Å². The van der Waals surface area contributed by atoms with Crippen LogP contribution >= 0.6 is 0 Å². The van der Waals surface area contributed by atoms with Crippen LogP contribution in [0.5, 0.6) is 0 Å². The number of hydrogen-bond donors (Lipinski definition) is 3. The molecule has 0 saturated heterocycles. The van der Waals surface area contributed by atoms with E-state index in [-0.39, 0.29) is 4.90 Å². The third-order valence-corrected chi connectivity index (χ3v) is 2.28. The number of hydrogen-bond acceptors (Lipinski definition) is 4. The molecular formula is C10H10O7S. The summed E-state index contributed by atoms with van der Waals surface area (Å²) < 4.78 is 29.2. The number of rotatable bonds is 3. The van der Waals surface area contributed by atoms with E-state index in [1.807, 2.05) is 0 Å². The van der Waals surface area contributed by atoms with Gasteiger partial charge < -0.3 is 10.2 Å². The minimum Gasteiger partial charge on any atom is -0.478 e. The molecule has 0 saturated carbocycles. The molecule has 0 radical (unpaired) electrons. The molecule has 0 amide bonds. The fraction of sp³-hybridized carbons (Fsp3) is 0. The normalized spacial score (nSPS) is 10.5. The van der Waals surface area contributed by atoms with Crippen molar-refractivity contribution >= 4 is 22.1 Å². The first-order valence-corrected chi connectivity index (χ1v) is 5.84. The summed E-state index contributed by atoms with van der Waals surface area (Å²) in [6.45, 7) is 0. The first-order chi connectivity index (χ1) is 8.23. The van der Waals surface area contributed by atoms with Gasteiger partial charge in [0.2, 0.25) is 0 Å². The monoisotopic (exact) mass is 274 g/mol. The highest BCUT2D eigenvalue weighted by molar-refractivity contribution is 7.85. The van der Waals surface area contributed by atoms with E-state index in [0.29, 0.717) is 12.2 Å². The molecule has 18 heavy (non-hydrogen) atoms. The Morgan fingerprint density at radius 3 is 1.56 bits per heavy atom. The average Bonchev–Trinajstić information content (AvgIpc) is 2.27. The summed E-state index contributed by atoms with van der Waals surface area (Å²) in [5.41, 5.74) is 0. The van der Waals surface area contributed by atoms with Crippen molar-refractivity contribution in [3.63, 3.8) is 0 Å². The Labute approximate surface area is 103 Å². The summed E-state index contributed by atoms with van der Waals surface area (Å²) in [5.74, 6) is -2.51. The molecule has 0 spiro atoms. The van der Waals surface area contributed by atoms with Crippen molar-refractivity contribution in [2.45, 2.75) is 4.90 Å². The van der Waals surface area contributed by atoms with Crippen molar-refractivity contribution in [2.24, 2.45) is 0 Å². The Morgan fingerprint density at radius 2 is 1.33 bits per heavy atom. The van der Waals surface area contributed by atoms with Crippen molar-refractivity contribution < 1.29 is 32.8 Å². The van der Waals surface area contributed by atoms with Crippen LogP contribution in [-0.2, 0) is 19.7 Å². The summed E-state index contributed by atoms with van der Waals surface area (Å²) in [5, 5.41) is 15.6. The molecule has 3 N–H and O–H groups in total. The van der Waals surface area contributed by atoms with Gasteiger partial charge in [-0.25, -0.2) is 9.59 Å². The van der Waals surface area contributed by atoms with Crippen LogP contribution in [0.4, 0.5) is 0 Å². The topological polar surface area (TPSA) is 129 Å². The van der Waals surface area contributed by atoms with Crippen molar-refractivity contribution in [1.82, 2.24) is 0 Å². The molecule has 0 aliphatic rings. The van der Waals surface area contributed by atoms with Gasteiger partial charge in [-0.15, -0.1) is 0 Å². The van der Waals surface area contributed by atoms with E-state index in [4.69, 9.17) is 14.8 Å². The van der Waals surface area contributed by atoms with Crippen LogP contribution < -0.4 is 0 Å². The van der Waals surface area contributed by atoms with Crippen LogP contribution in [0.25, 0.3) is 0 Å². The van der Waals surface area contributed by atoms with Crippen molar-refractivity contribution in [2.75, 3.05) is 0 Å². The van der Waals surface area contributed by atoms with Crippen molar-refractivity contribution in [3.8, 4) is 0 Å². The third-order valence-electron chi connectivity index (χ3n) is 1.41. The summed E-state index contributed by atoms with van der Waals surface area (Å²) in [4.78, 5) is 19.0. The molecular weight excluding hydrogens is 264 g/mol. The van der Waals surface area contributed by atoms with Crippen molar-refractivity contribution in [1.29, 1.82) is 0 Å². The first-order valence-electron chi connectivity index (χ1n) is 4.40. The van der Waals surface area contributed by atoms with Gasteiger partial charge in [-0.3, -0.25) is 4.55 Å². The SMILES string of the molecule is O=C(O)/C=C\C(=O)O.O=S(=O)(O)c1ccccc1. The number of carbonyl (C=O) groups is 2. The van der Waals surface area contributed by atoms with E-state index in [1.54, 1.807) is 18.2 Å². The molecule has 98 valence electrons. The van der Waals surface area contributed by atoms with E-state index in [9.17, 15) is 18.0 Å². The van der Waals surface area contributed by atoms with Crippen LogP contribution in [0, 0.1) is 0 Å². The zero-order chi connectivity index (χ0) is 14.2. The smallest absolute Gasteiger partial charge is 0.328 e. The zero-order valence-corrected chi connectivity index (χ0v) is 9.74. The Balaban J connectivity index is 0.000000331. The number of benzene rings is 1. The van der Waals surface area contributed by atoms with E-state index >= 15 is 0 Å². The highest BCUT2D eigenvalue weighted by Gasteiger charge is 2.05. The molecule has 7 nitrogen and oxygen atoms in total. The molecule has 0 bridgehead atoms. The molecule has 0 fully saturated rings. The minimum atomic E-state index is -4.00. The van der Waals surface area contributed by atoms with Gasteiger partial charge in [0, 0.05) is 12.2 Å². The van der Waals surface area contributed by atoms with E-state index in [0.717, 1.165) is 0 Å².